The SMILES string of the molecule is N#Cc1c(Cl)cccc1Oc1ccc(F)cc1Cl. The lowest BCUT2D eigenvalue weighted by molar-refractivity contribution is 0.479. The molecule has 2 aromatic rings. The van der Waals surface area contributed by atoms with Crippen LogP contribution in [0.25, 0.3) is 0 Å². The van der Waals surface area contributed by atoms with E-state index in [1.54, 1.807) is 18.2 Å². The van der Waals surface area contributed by atoms with Crippen LogP contribution in [0, 0.1) is 17.1 Å². The molecule has 0 spiro atoms. The Bertz CT molecular complexity index is 637. The number of hydrogen-bond acceptors (Lipinski definition) is 2. The molecule has 2 rings (SSSR count). The summed E-state index contributed by atoms with van der Waals surface area (Å²) in [7, 11) is 0. The van der Waals surface area contributed by atoms with Gasteiger partial charge >= 0.3 is 0 Å². The summed E-state index contributed by atoms with van der Waals surface area (Å²) >= 11 is 11.7. The molecule has 0 aliphatic rings. The Morgan fingerprint density at radius 1 is 1.06 bits per heavy atom. The lowest BCUT2D eigenvalue weighted by Crippen LogP contribution is -1.90. The average Bonchev–Trinajstić information content (AvgIpc) is 2.33. The third kappa shape index (κ3) is 2.56. The van der Waals surface area contributed by atoms with E-state index in [4.69, 9.17) is 33.2 Å². The fourth-order valence-corrected chi connectivity index (χ4v) is 1.79. The third-order valence-corrected chi connectivity index (χ3v) is 2.81. The molecule has 0 N–H and O–H groups in total. The van der Waals surface area contributed by atoms with Gasteiger partial charge in [0.1, 0.15) is 28.9 Å². The van der Waals surface area contributed by atoms with Crippen LogP contribution in [-0.4, -0.2) is 0 Å². The first-order valence-electron chi connectivity index (χ1n) is 4.93. The molecule has 0 aromatic heterocycles. The summed E-state index contributed by atoms with van der Waals surface area (Å²) in [6, 6.07) is 10.5. The van der Waals surface area contributed by atoms with E-state index in [2.05, 4.69) is 0 Å². The maximum absolute atomic E-state index is 12.9. The molecule has 18 heavy (non-hydrogen) atoms. The van der Waals surface area contributed by atoms with E-state index >= 15 is 0 Å². The highest BCUT2D eigenvalue weighted by Crippen LogP contribution is 2.33. The zero-order valence-electron chi connectivity index (χ0n) is 8.95. The van der Waals surface area contributed by atoms with Crippen LogP contribution in [-0.2, 0) is 0 Å². The second kappa shape index (κ2) is 5.26. The Morgan fingerprint density at radius 2 is 1.83 bits per heavy atom. The van der Waals surface area contributed by atoms with Crippen molar-refractivity contribution in [2.75, 3.05) is 0 Å². The van der Waals surface area contributed by atoms with Crippen LogP contribution in [0.4, 0.5) is 4.39 Å². The highest BCUT2D eigenvalue weighted by atomic mass is 35.5. The summed E-state index contributed by atoms with van der Waals surface area (Å²) in [5.74, 6) is 0.0780. The van der Waals surface area contributed by atoms with E-state index in [0.717, 1.165) is 6.07 Å². The van der Waals surface area contributed by atoms with Gasteiger partial charge in [0, 0.05) is 0 Å². The van der Waals surface area contributed by atoms with E-state index in [1.807, 2.05) is 6.07 Å². The zero-order chi connectivity index (χ0) is 13.1. The van der Waals surface area contributed by atoms with Gasteiger partial charge in [0.15, 0.2) is 0 Å². The highest BCUT2D eigenvalue weighted by Gasteiger charge is 2.10. The molecule has 0 amide bonds. The Balaban J connectivity index is 2.41. The van der Waals surface area contributed by atoms with Crippen LogP contribution in [0.15, 0.2) is 36.4 Å². The van der Waals surface area contributed by atoms with Crippen LogP contribution in [0.5, 0.6) is 11.5 Å². The van der Waals surface area contributed by atoms with Crippen molar-refractivity contribution >= 4 is 23.2 Å². The molecule has 0 unspecified atom stereocenters. The van der Waals surface area contributed by atoms with Crippen molar-refractivity contribution in [3.8, 4) is 17.6 Å². The molecule has 0 aliphatic heterocycles. The molecule has 0 aliphatic carbocycles. The van der Waals surface area contributed by atoms with Crippen LogP contribution >= 0.6 is 23.2 Å². The molecular formula is C13H6Cl2FNO. The maximum Gasteiger partial charge on any atom is 0.146 e. The number of halogens is 3. The van der Waals surface area contributed by atoms with Crippen molar-refractivity contribution in [3.05, 3.63) is 57.8 Å². The van der Waals surface area contributed by atoms with E-state index in [0.29, 0.717) is 0 Å². The first-order valence-corrected chi connectivity index (χ1v) is 5.69. The largest absolute Gasteiger partial charge is 0.454 e. The fourth-order valence-electron chi connectivity index (χ4n) is 1.37. The number of rotatable bonds is 2. The second-order valence-corrected chi connectivity index (χ2v) is 4.22. The minimum absolute atomic E-state index is 0.124. The van der Waals surface area contributed by atoms with Crippen molar-refractivity contribution in [2.45, 2.75) is 0 Å². The maximum atomic E-state index is 12.9. The van der Waals surface area contributed by atoms with Crippen LogP contribution < -0.4 is 4.74 Å². The van der Waals surface area contributed by atoms with Gasteiger partial charge in [0.25, 0.3) is 0 Å². The first-order chi connectivity index (χ1) is 8.61. The van der Waals surface area contributed by atoms with Gasteiger partial charge in [-0.3, -0.25) is 0 Å². The lowest BCUT2D eigenvalue weighted by atomic mass is 10.2. The smallest absolute Gasteiger partial charge is 0.146 e. The molecular weight excluding hydrogens is 276 g/mol. The standard InChI is InChI=1S/C13H6Cl2FNO/c14-10-2-1-3-12(9(10)7-17)18-13-5-4-8(16)6-11(13)15/h1-6H. The van der Waals surface area contributed by atoms with E-state index < -0.39 is 5.82 Å². The highest BCUT2D eigenvalue weighted by molar-refractivity contribution is 6.32. The van der Waals surface area contributed by atoms with Gasteiger partial charge in [-0.05, 0) is 30.3 Å². The zero-order valence-corrected chi connectivity index (χ0v) is 10.5. The quantitative estimate of drug-likeness (QED) is 0.792. The summed E-state index contributed by atoms with van der Waals surface area (Å²) < 4.78 is 18.3. The molecule has 0 heterocycles. The van der Waals surface area contributed by atoms with Crippen LogP contribution in [0.3, 0.4) is 0 Å². The number of nitriles is 1. The summed E-state index contributed by atoms with van der Waals surface area (Å²) in [6.07, 6.45) is 0. The van der Waals surface area contributed by atoms with Gasteiger partial charge < -0.3 is 4.74 Å². The molecule has 5 heteroatoms. The minimum atomic E-state index is -0.459. The monoisotopic (exact) mass is 281 g/mol. The lowest BCUT2D eigenvalue weighted by Gasteiger charge is -2.09. The second-order valence-electron chi connectivity index (χ2n) is 3.40. The summed E-state index contributed by atoms with van der Waals surface area (Å²) in [4.78, 5) is 0. The number of nitrogens with zero attached hydrogens (tertiary/aromatic N) is 1. The molecule has 0 fully saturated rings. The third-order valence-electron chi connectivity index (χ3n) is 2.20. The van der Waals surface area contributed by atoms with E-state index in [1.165, 1.54) is 12.1 Å². The van der Waals surface area contributed by atoms with E-state index in [-0.39, 0.29) is 27.1 Å². The van der Waals surface area contributed by atoms with Gasteiger partial charge in [-0.1, -0.05) is 29.3 Å². The Morgan fingerprint density at radius 3 is 2.50 bits per heavy atom. The predicted octanol–water partition coefficient (Wildman–Crippen LogP) is 4.80. The van der Waals surface area contributed by atoms with Crippen molar-refractivity contribution < 1.29 is 9.13 Å². The number of hydrogen-bond donors (Lipinski definition) is 0. The number of ether oxygens (including phenoxy) is 1. The van der Waals surface area contributed by atoms with Gasteiger partial charge in [0.05, 0.1) is 10.0 Å². The van der Waals surface area contributed by atoms with Crippen molar-refractivity contribution in [1.29, 1.82) is 5.26 Å². The molecule has 0 bridgehead atoms. The fraction of sp³-hybridized carbons (Fsp3) is 0. The Hall–Kier alpha value is -1.76. The van der Waals surface area contributed by atoms with Crippen molar-refractivity contribution in [3.63, 3.8) is 0 Å². The Kier molecular flexibility index (Phi) is 3.71. The van der Waals surface area contributed by atoms with Gasteiger partial charge in [-0.15, -0.1) is 0 Å². The molecule has 90 valence electrons. The summed E-state index contributed by atoms with van der Waals surface area (Å²) in [6.45, 7) is 0. The van der Waals surface area contributed by atoms with Crippen molar-refractivity contribution in [1.82, 2.24) is 0 Å². The van der Waals surface area contributed by atoms with Gasteiger partial charge in [-0.25, -0.2) is 4.39 Å². The summed E-state index contributed by atoms with van der Waals surface area (Å²) in [5.41, 5.74) is 0.208. The molecule has 2 aromatic carbocycles. The normalized spacial score (nSPS) is 9.89. The summed E-state index contributed by atoms with van der Waals surface area (Å²) in [5, 5.41) is 9.39. The Labute approximate surface area is 113 Å². The van der Waals surface area contributed by atoms with Crippen LogP contribution in [0.1, 0.15) is 5.56 Å². The minimum Gasteiger partial charge on any atom is -0.454 e. The van der Waals surface area contributed by atoms with Crippen LogP contribution in [0.2, 0.25) is 10.0 Å². The van der Waals surface area contributed by atoms with Crippen molar-refractivity contribution in [2.24, 2.45) is 0 Å². The first kappa shape index (κ1) is 12.7. The van der Waals surface area contributed by atoms with Gasteiger partial charge in [0.2, 0.25) is 0 Å². The van der Waals surface area contributed by atoms with E-state index in [9.17, 15) is 4.39 Å². The molecule has 2 nitrogen and oxygen atoms in total. The molecule has 0 atom stereocenters. The van der Waals surface area contributed by atoms with Gasteiger partial charge in [-0.2, -0.15) is 5.26 Å². The average molecular weight is 282 g/mol. The topological polar surface area (TPSA) is 33.0 Å². The molecule has 0 saturated heterocycles. The predicted molar refractivity (Wildman–Crippen MR) is 67.7 cm³/mol. The number of benzene rings is 2. The molecule has 0 radical (unpaired) electrons. The molecule has 0 saturated carbocycles.